The standard InChI is InChI=1S/C38H15F3N6O.C38H15F3N6.C36H12F2N6/c1-20-11-13-23(21(15-20)17-42)25-7-5-9-27-32(25)36-35(31(19-44)47-4)28-10-6-8-26(33(28)37(36)34(27)30(18-43)46-3)24-14-12-22(16-29(24)45-2)48-38(39,40)41;1-20-11-13-23(21(15-20)17-42)25-7-5-9-27-32(25)36-35(31(19-44)47-4)28-10-6-8-26(33(28)37(36)34(27)30(18-43)46-3)24-14-12-22(38(39,40)41)16-29(24)45-2;1-42-28(17-40)32-23-12-4-9-20(19-8-6-14-26(37)25(19)16-39)30(23)34-33(29(18-41)43-2)24-13-5-10-21(31(24)35(32)34)22-11-7-15-27(38)36(22)44-3/h5-16H,1H3;5-16H,1H3;4-15H/b2*34-30-,35-31+;32-28-,33-29+. The molecule has 6 aliphatic carbocycles. The molecule has 12 aromatic carbocycles. The van der Waals surface area contributed by atoms with E-state index in [0.717, 1.165) is 41.5 Å². The van der Waals surface area contributed by atoms with Crippen molar-refractivity contribution in [3.05, 3.63) is 467 Å². The molecule has 0 N–H and O–H groups in total. The number of alkyl halides is 6. The number of aryl methyl sites for hydroxylation is 2. The molecule has 19 nitrogen and oxygen atoms in total. The molecular formula is C112H42F8N18O. The molecule has 0 amide bonds. The van der Waals surface area contributed by atoms with Crippen molar-refractivity contribution in [2.75, 3.05) is 0 Å². The zero-order chi connectivity index (χ0) is 99.1. The zero-order valence-electron chi connectivity index (χ0n) is 71.3. The minimum Gasteiger partial charge on any atom is -0.407 e. The van der Waals surface area contributed by atoms with Crippen LogP contribution in [0.15, 0.2) is 253 Å². The molecular weight excluding hydrogens is 1770 g/mol. The van der Waals surface area contributed by atoms with E-state index in [2.05, 4.69) is 60.5 Å². The Hall–Kier alpha value is -21.6. The van der Waals surface area contributed by atoms with Crippen molar-refractivity contribution >= 4 is 83.9 Å². The molecule has 0 saturated carbocycles. The highest BCUT2D eigenvalue weighted by molar-refractivity contribution is 6.43. The summed E-state index contributed by atoms with van der Waals surface area (Å²) in [6, 6.07) is 73.8. The van der Waals surface area contributed by atoms with Crippen LogP contribution >= 0.6 is 0 Å². The first kappa shape index (κ1) is 90.7. The van der Waals surface area contributed by atoms with Gasteiger partial charge >= 0.3 is 12.5 Å². The predicted octanol–water partition coefficient (Wildman–Crippen LogP) is 28.9. The Morgan fingerprint density at radius 2 is 0.554 bits per heavy atom. The molecule has 0 fully saturated rings. The first-order valence-electron chi connectivity index (χ1n) is 40.6. The monoisotopic (exact) mass is 1810 g/mol. The number of hydrogen-bond acceptors (Lipinski definition) is 10. The van der Waals surface area contributed by atoms with Crippen LogP contribution in [0.3, 0.4) is 0 Å². The third-order valence-corrected chi connectivity index (χ3v) is 23.8. The highest BCUT2D eigenvalue weighted by Crippen LogP contribution is 2.68. The van der Waals surface area contributed by atoms with E-state index in [1.165, 1.54) is 30.3 Å². The van der Waals surface area contributed by atoms with Crippen molar-refractivity contribution in [2.45, 2.75) is 26.4 Å². The maximum Gasteiger partial charge on any atom is 0.573 e. The Morgan fingerprint density at radius 1 is 0.281 bits per heavy atom. The van der Waals surface area contributed by atoms with Crippen LogP contribution in [0, 0.1) is 187 Å². The first-order chi connectivity index (χ1) is 67.2. The smallest absolute Gasteiger partial charge is 0.407 e. The van der Waals surface area contributed by atoms with Crippen LogP contribution in [0.1, 0.15) is 100 Å². The lowest BCUT2D eigenvalue weighted by Gasteiger charge is -2.19. The number of allylic oxidation sites excluding steroid dienone is 18. The number of rotatable bonds is 7. The SMILES string of the molecule is [C-]#[N+]/C(C#N)=C1C2=C(/C(=C(\C#N)[N+]#[C-])c3cccc(-c4ccc(C(F)(F)F)cc4[N+]#[C-])c32)c2c\1cccc2-c1ccc(C)cc1C#N.[C-]#[N+]/C(C#N)=C1C2=C(/C(=C(\C#N)[N+]#[C-])c3cccc(-c4ccc(OC(F)(F)F)cc4[N+]#[C-])c32)c2c\1cccc2-c1ccc(C)cc1C#N.[C-]#[N+]/C(C#N)=C1C2=C(/C(=C(\C#N)[N+]#[C-])c3cccc(-c4cccc(F)c4[N+]#[C-])c32)c2c\1cccc2-c1cccc(F)c1C#N. The quantitative estimate of drug-likeness (QED) is 0.0827. The second-order valence-corrected chi connectivity index (χ2v) is 30.8. The second kappa shape index (κ2) is 36.0. The summed E-state index contributed by atoms with van der Waals surface area (Å²) in [5.41, 5.74) is 12.2. The van der Waals surface area contributed by atoms with Crippen molar-refractivity contribution in [3.8, 4) is 127 Å². The van der Waals surface area contributed by atoms with Gasteiger partial charge in [0.1, 0.15) is 23.5 Å². The summed E-state index contributed by atoms with van der Waals surface area (Å²) in [6.07, 6.45) is -9.67. The number of hydrogen-bond donors (Lipinski definition) is 0. The molecule has 642 valence electrons. The van der Waals surface area contributed by atoms with E-state index >= 15 is 0 Å². The van der Waals surface area contributed by atoms with Gasteiger partial charge in [-0.1, -0.05) is 176 Å². The van der Waals surface area contributed by atoms with E-state index in [0.29, 0.717) is 156 Å². The summed E-state index contributed by atoms with van der Waals surface area (Å²) in [4.78, 5) is 31.4. The maximum atomic E-state index is 14.9. The number of benzene rings is 12. The van der Waals surface area contributed by atoms with Gasteiger partial charge in [-0.3, -0.25) is 0 Å². The molecule has 0 radical (unpaired) electrons. The van der Waals surface area contributed by atoms with E-state index in [9.17, 15) is 82.5 Å². The fraction of sp³-hybridized carbons (Fsp3) is 0.0357. The van der Waals surface area contributed by atoms with Gasteiger partial charge in [-0.25, -0.2) is 84.0 Å². The largest absolute Gasteiger partial charge is 0.573 e. The second-order valence-electron chi connectivity index (χ2n) is 30.8. The normalized spacial score (nSPS) is 14.6. The van der Waals surface area contributed by atoms with Gasteiger partial charge in [0.05, 0.1) is 124 Å². The number of nitriles is 9. The Kier molecular flexibility index (Phi) is 23.5. The minimum absolute atomic E-state index is 0.166. The molecule has 0 atom stereocenters. The summed E-state index contributed by atoms with van der Waals surface area (Å²) < 4.78 is 114. The van der Waals surface area contributed by atoms with Crippen molar-refractivity contribution in [1.29, 1.82) is 47.4 Å². The van der Waals surface area contributed by atoms with Crippen LogP contribution in [0.5, 0.6) is 5.75 Å². The third kappa shape index (κ3) is 14.7. The summed E-state index contributed by atoms with van der Waals surface area (Å²) in [6.45, 7) is 74.2. The van der Waals surface area contributed by atoms with Crippen LogP contribution in [0.2, 0.25) is 0 Å². The number of ether oxygens (including phenoxy) is 1. The molecule has 18 rings (SSSR count). The molecule has 139 heavy (non-hydrogen) atoms. The molecule has 0 spiro atoms. The van der Waals surface area contributed by atoms with Crippen LogP contribution < -0.4 is 4.74 Å². The molecule has 27 heteroatoms. The molecule has 0 aliphatic heterocycles. The van der Waals surface area contributed by atoms with Gasteiger partial charge in [0.15, 0.2) is 11.4 Å². The summed E-state index contributed by atoms with van der Waals surface area (Å²) >= 11 is 0. The lowest BCUT2D eigenvalue weighted by Crippen LogP contribution is -2.17. The Morgan fingerprint density at radius 3 is 0.849 bits per heavy atom. The Balaban J connectivity index is 0.000000151. The van der Waals surface area contributed by atoms with Crippen molar-refractivity contribution in [3.63, 3.8) is 0 Å². The number of halogens is 8. The van der Waals surface area contributed by atoms with Crippen LogP contribution in [0.25, 0.3) is 177 Å². The van der Waals surface area contributed by atoms with Crippen LogP contribution in [0.4, 0.5) is 52.2 Å². The summed E-state index contributed by atoms with van der Waals surface area (Å²) in [5, 5.41) is 91.0. The minimum atomic E-state index is -4.98. The average Bonchev–Trinajstić information content (AvgIpc) is 1.54. The number of nitrogens with zero attached hydrogens (tertiary/aromatic N) is 18. The maximum absolute atomic E-state index is 14.9. The zero-order valence-corrected chi connectivity index (χ0v) is 71.3. The summed E-state index contributed by atoms with van der Waals surface area (Å²) in [5.74, 6) is -2.07. The van der Waals surface area contributed by atoms with Gasteiger partial charge in [0.25, 0.3) is 34.2 Å². The van der Waals surface area contributed by atoms with Gasteiger partial charge < -0.3 is 4.74 Å². The lowest BCUT2D eigenvalue weighted by molar-refractivity contribution is -0.274. The van der Waals surface area contributed by atoms with Crippen molar-refractivity contribution < 1.29 is 39.9 Å². The first-order valence-corrected chi connectivity index (χ1v) is 40.6. The molecule has 6 aliphatic rings. The Bertz CT molecular complexity index is 8710. The molecule has 0 unspecified atom stereocenters. The van der Waals surface area contributed by atoms with Gasteiger partial charge in [-0.05, 0) is 218 Å². The van der Waals surface area contributed by atoms with Crippen LogP contribution in [-0.2, 0) is 6.18 Å². The van der Waals surface area contributed by atoms with E-state index in [1.54, 1.807) is 146 Å². The van der Waals surface area contributed by atoms with Crippen molar-refractivity contribution in [2.24, 2.45) is 0 Å². The van der Waals surface area contributed by atoms with E-state index in [1.807, 2.05) is 68.5 Å². The Labute approximate surface area is 787 Å². The molecule has 0 bridgehead atoms. The lowest BCUT2D eigenvalue weighted by atomic mass is 9.84. The van der Waals surface area contributed by atoms with Gasteiger partial charge in [0, 0.05) is 55.7 Å². The summed E-state index contributed by atoms with van der Waals surface area (Å²) in [7, 11) is 0. The fourth-order valence-corrected chi connectivity index (χ4v) is 18.6. The van der Waals surface area contributed by atoms with Gasteiger partial charge in [0.2, 0.25) is 5.69 Å². The van der Waals surface area contributed by atoms with E-state index in [-0.39, 0.29) is 113 Å². The molecule has 0 saturated heterocycles. The molecule has 0 aromatic heterocycles. The third-order valence-electron chi connectivity index (χ3n) is 23.8. The van der Waals surface area contributed by atoms with Gasteiger partial charge in [-0.2, -0.15) is 29.0 Å². The topological polar surface area (TPSA) is 263 Å². The number of fused-ring (bicyclic) bond motifs is 12. The predicted molar refractivity (Wildman–Crippen MR) is 501 cm³/mol. The fourth-order valence-electron chi connectivity index (χ4n) is 18.6. The molecule has 0 heterocycles. The van der Waals surface area contributed by atoms with E-state index in [4.69, 9.17) is 59.1 Å². The van der Waals surface area contributed by atoms with Gasteiger partial charge in [-0.15, -0.1) is 13.2 Å². The number of para-hydroxylation sites is 1. The van der Waals surface area contributed by atoms with Crippen molar-refractivity contribution in [1.82, 2.24) is 0 Å². The van der Waals surface area contributed by atoms with Crippen LogP contribution in [-0.4, -0.2) is 6.36 Å². The van der Waals surface area contributed by atoms with E-state index < -0.39 is 35.5 Å². The molecule has 12 aromatic rings. The highest BCUT2D eigenvalue weighted by atomic mass is 19.4. The highest BCUT2D eigenvalue weighted by Gasteiger charge is 2.47. The average molecular weight is 1810 g/mol.